The van der Waals surface area contributed by atoms with Crippen LogP contribution in [0.3, 0.4) is 0 Å². The van der Waals surface area contributed by atoms with E-state index in [1.54, 1.807) is 12.1 Å². The minimum Gasteiger partial charge on any atom is -0.508 e. The summed E-state index contributed by atoms with van der Waals surface area (Å²) in [7, 11) is 0. The fraction of sp³-hybridized carbons (Fsp3) is 0.571. The Morgan fingerprint density at radius 3 is 2.13 bits per heavy atom. The molecule has 84 valence electrons. The number of aryl methyl sites for hydroxylation is 1. The Labute approximate surface area is 93.1 Å². The highest BCUT2D eigenvalue weighted by molar-refractivity contribution is 5.25. The van der Waals surface area contributed by atoms with E-state index in [0.717, 1.165) is 6.42 Å². The second kappa shape index (κ2) is 4.69. The molecule has 0 saturated heterocycles. The summed E-state index contributed by atoms with van der Waals surface area (Å²) in [4.78, 5) is 0. The van der Waals surface area contributed by atoms with E-state index in [9.17, 15) is 0 Å². The van der Waals surface area contributed by atoms with Crippen molar-refractivity contribution in [2.24, 2.45) is 11.3 Å². The average Bonchev–Trinajstić information content (AvgIpc) is 2.15. The standard InChI is InChI=1S/C14H22O/c1-11(14(2,3)4)5-6-12-7-9-13(15)10-8-12/h7-11,15H,5-6H2,1-4H3. The van der Waals surface area contributed by atoms with Gasteiger partial charge in [-0.25, -0.2) is 0 Å². The van der Waals surface area contributed by atoms with Crippen molar-refractivity contribution in [3.8, 4) is 5.75 Å². The summed E-state index contributed by atoms with van der Waals surface area (Å²) >= 11 is 0. The topological polar surface area (TPSA) is 20.2 Å². The van der Waals surface area contributed by atoms with Crippen LogP contribution >= 0.6 is 0 Å². The summed E-state index contributed by atoms with van der Waals surface area (Å²) < 4.78 is 0. The van der Waals surface area contributed by atoms with Crippen LogP contribution in [0.5, 0.6) is 5.75 Å². The molecule has 1 unspecified atom stereocenters. The maximum absolute atomic E-state index is 9.16. The molecular weight excluding hydrogens is 184 g/mol. The van der Waals surface area contributed by atoms with Crippen LogP contribution in [-0.4, -0.2) is 5.11 Å². The van der Waals surface area contributed by atoms with E-state index in [1.807, 2.05) is 12.1 Å². The number of phenols is 1. The Balaban J connectivity index is 2.47. The van der Waals surface area contributed by atoms with Crippen molar-refractivity contribution >= 4 is 0 Å². The van der Waals surface area contributed by atoms with Crippen molar-refractivity contribution in [3.05, 3.63) is 29.8 Å². The van der Waals surface area contributed by atoms with Gasteiger partial charge in [0.2, 0.25) is 0 Å². The molecule has 0 amide bonds. The van der Waals surface area contributed by atoms with E-state index < -0.39 is 0 Å². The zero-order valence-corrected chi connectivity index (χ0v) is 10.2. The molecular formula is C14H22O. The predicted molar refractivity (Wildman–Crippen MR) is 65.0 cm³/mol. The molecule has 0 saturated carbocycles. The second-order valence-corrected chi connectivity index (χ2v) is 5.47. The lowest BCUT2D eigenvalue weighted by Gasteiger charge is -2.27. The quantitative estimate of drug-likeness (QED) is 0.792. The van der Waals surface area contributed by atoms with Crippen molar-refractivity contribution in [2.45, 2.75) is 40.5 Å². The molecule has 0 spiro atoms. The Kier molecular flexibility index (Phi) is 3.78. The van der Waals surface area contributed by atoms with Gasteiger partial charge in [0.25, 0.3) is 0 Å². The van der Waals surface area contributed by atoms with Crippen LogP contribution in [-0.2, 0) is 6.42 Å². The smallest absolute Gasteiger partial charge is 0.115 e. The van der Waals surface area contributed by atoms with Gasteiger partial charge in [-0.1, -0.05) is 39.8 Å². The summed E-state index contributed by atoms with van der Waals surface area (Å²) in [5.41, 5.74) is 1.69. The van der Waals surface area contributed by atoms with Crippen molar-refractivity contribution in [1.29, 1.82) is 0 Å². The number of hydrogen-bond acceptors (Lipinski definition) is 1. The summed E-state index contributed by atoms with van der Waals surface area (Å²) in [5, 5.41) is 9.16. The molecule has 1 aromatic rings. The number of benzene rings is 1. The SMILES string of the molecule is CC(CCc1ccc(O)cc1)C(C)(C)C. The van der Waals surface area contributed by atoms with Gasteiger partial charge in [-0.05, 0) is 41.9 Å². The molecule has 0 heterocycles. The molecule has 1 rings (SSSR count). The lowest BCUT2D eigenvalue weighted by Crippen LogP contribution is -2.17. The predicted octanol–water partition coefficient (Wildman–Crippen LogP) is 4.01. The molecule has 15 heavy (non-hydrogen) atoms. The van der Waals surface area contributed by atoms with Gasteiger partial charge in [0, 0.05) is 0 Å². The molecule has 0 fully saturated rings. The molecule has 1 heteroatoms. The first kappa shape index (κ1) is 12.1. The highest BCUT2D eigenvalue weighted by atomic mass is 16.3. The Morgan fingerprint density at radius 2 is 1.67 bits per heavy atom. The van der Waals surface area contributed by atoms with Crippen molar-refractivity contribution in [2.75, 3.05) is 0 Å². The van der Waals surface area contributed by atoms with E-state index in [2.05, 4.69) is 27.7 Å². The number of hydrogen-bond donors (Lipinski definition) is 1. The van der Waals surface area contributed by atoms with Crippen LogP contribution in [0.25, 0.3) is 0 Å². The minimum atomic E-state index is 0.350. The minimum absolute atomic E-state index is 0.350. The van der Waals surface area contributed by atoms with Crippen LogP contribution in [0.15, 0.2) is 24.3 Å². The monoisotopic (exact) mass is 206 g/mol. The molecule has 1 nitrogen and oxygen atoms in total. The molecule has 0 aliphatic heterocycles. The number of rotatable bonds is 3. The molecule has 1 N–H and O–H groups in total. The largest absolute Gasteiger partial charge is 0.508 e. The maximum atomic E-state index is 9.16. The summed E-state index contributed by atoms with van der Waals surface area (Å²) in [6.07, 6.45) is 2.30. The molecule has 0 radical (unpaired) electrons. The van der Waals surface area contributed by atoms with E-state index in [1.165, 1.54) is 12.0 Å². The Hall–Kier alpha value is -0.980. The van der Waals surface area contributed by atoms with Gasteiger partial charge >= 0.3 is 0 Å². The molecule has 0 aliphatic carbocycles. The third-order valence-electron chi connectivity index (χ3n) is 3.28. The third kappa shape index (κ3) is 3.94. The van der Waals surface area contributed by atoms with E-state index >= 15 is 0 Å². The van der Waals surface area contributed by atoms with Crippen LogP contribution in [0, 0.1) is 11.3 Å². The normalized spacial score (nSPS) is 13.9. The molecule has 1 atom stereocenters. The summed E-state index contributed by atoms with van der Waals surface area (Å²) in [6, 6.07) is 7.53. The van der Waals surface area contributed by atoms with Gasteiger partial charge in [0.1, 0.15) is 5.75 Å². The summed E-state index contributed by atoms with van der Waals surface area (Å²) in [6.45, 7) is 9.16. The number of aromatic hydroxyl groups is 1. The zero-order chi connectivity index (χ0) is 11.5. The van der Waals surface area contributed by atoms with Gasteiger partial charge in [-0.2, -0.15) is 0 Å². The van der Waals surface area contributed by atoms with Crippen LogP contribution in [0.2, 0.25) is 0 Å². The van der Waals surface area contributed by atoms with Crippen LogP contribution in [0.4, 0.5) is 0 Å². The first-order valence-corrected chi connectivity index (χ1v) is 5.67. The fourth-order valence-electron chi connectivity index (χ4n) is 1.48. The zero-order valence-electron chi connectivity index (χ0n) is 10.2. The van der Waals surface area contributed by atoms with Gasteiger partial charge in [0.15, 0.2) is 0 Å². The van der Waals surface area contributed by atoms with E-state index in [0.29, 0.717) is 17.1 Å². The first-order chi connectivity index (χ1) is 6.89. The Morgan fingerprint density at radius 1 is 1.13 bits per heavy atom. The van der Waals surface area contributed by atoms with Gasteiger partial charge in [-0.15, -0.1) is 0 Å². The molecule has 1 aromatic carbocycles. The average molecular weight is 206 g/mol. The molecule has 0 bridgehead atoms. The lowest BCUT2D eigenvalue weighted by molar-refractivity contribution is 0.247. The number of phenolic OH excluding ortho intramolecular Hbond substituents is 1. The first-order valence-electron chi connectivity index (χ1n) is 5.67. The van der Waals surface area contributed by atoms with Crippen molar-refractivity contribution in [1.82, 2.24) is 0 Å². The second-order valence-electron chi connectivity index (χ2n) is 5.47. The van der Waals surface area contributed by atoms with Gasteiger partial charge in [-0.3, -0.25) is 0 Å². The third-order valence-corrected chi connectivity index (χ3v) is 3.28. The van der Waals surface area contributed by atoms with Crippen molar-refractivity contribution < 1.29 is 5.11 Å². The van der Waals surface area contributed by atoms with Crippen molar-refractivity contribution in [3.63, 3.8) is 0 Å². The van der Waals surface area contributed by atoms with E-state index in [4.69, 9.17) is 5.11 Å². The highest BCUT2D eigenvalue weighted by Gasteiger charge is 2.19. The van der Waals surface area contributed by atoms with Gasteiger partial charge in [0.05, 0.1) is 0 Å². The molecule has 0 aromatic heterocycles. The highest BCUT2D eigenvalue weighted by Crippen LogP contribution is 2.29. The van der Waals surface area contributed by atoms with Gasteiger partial charge < -0.3 is 5.11 Å². The van der Waals surface area contributed by atoms with Crippen LogP contribution in [0.1, 0.15) is 39.7 Å². The lowest BCUT2D eigenvalue weighted by atomic mass is 9.79. The summed E-state index contributed by atoms with van der Waals surface area (Å²) in [5.74, 6) is 1.06. The van der Waals surface area contributed by atoms with Crippen LogP contribution < -0.4 is 0 Å². The molecule has 0 aliphatic rings. The van der Waals surface area contributed by atoms with E-state index in [-0.39, 0.29) is 0 Å². The fourth-order valence-corrected chi connectivity index (χ4v) is 1.48. The Bertz CT molecular complexity index is 292. The maximum Gasteiger partial charge on any atom is 0.115 e.